The van der Waals surface area contributed by atoms with Crippen LogP contribution in [-0.4, -0.2) is 9.55 Å². The van der Waals surface area contributed by atoms with Crippen LogP contribution < -0.4 is 4.74 Å². The van der Waals surface area contributed by atoms with E-state index >= 15 is 0 Å². The van der Waals surface area contributed by atoms with E-state index < -0.39 is 5.41 Å². The minimum Gasteiger partial charge on any atom is -0.457 e. The number of benzene rings is 7. The summed E-state index contributed by atoms with van der Waals surface area (Å²) in [6.07, 6.45) is 0. The van der Waals surface area contributed by atoms with Crippen LogP contribution in [0.5, 0.6) is 11.5 Å². The number of imidazole rings is 1. The normalized spacial score (nSPS) is 13.2. The van der Waals surface area contributed by atoms with Gasteiger partial charge in [-0.15, -0.1) is 0 Å². The lowest BCUT2D eigenvalue weighted by atomic mass is 9.65. The van der Waals surface area contributed by atoms with Gasteiger partial charge in [0, 0.05) is 22.4 Å². The molecule has 1 aromatic heterocycles. The van der Waals surface area contributed by atoms with Crippen molar-refractivity contribution in [3.63, 3.8) is 0 Å². The van der Waals surface area contributed by atoms with Gasteiger partial charge in [0.2, 0.25) is 0 Å². The fourth-order valence-electron chi connectivity index (χ4n) is 8.02. The molecule has 1 spiro atoms. The molecule has 2 heterocycles. The Bertz CT molecular complexity index is 2600. The Balaban J connectivity index is 1.16. The molecule has 228 valence electrons. The Morgan fingerprint density at radius 3 is 1.88 bits per heavy atom. The number of rotatable bonds is 3. The predicted octanol–water partition coefficient (Wildman–Crippen LogP) is 10.7. The first-order valence-corrected chi connectivity index (χ1v) is 16.4. The van der Waals surface area contributed by atoms with Crippen LogP contribution in [-0.2, 0) is 5.41 Å². The minimum absolute atomic E-state index is 0.612. The van der Waals surface area contributed by atoms with Crippen LogP contribution in [0.25, 0.3) is 50.4 Å². The quantitative estimate of drug-likeness (QED) is 0.196. The number of nitriles is 1. The predicted molar refractivity (Wildman–Crippen MR) is 194 cm³/mol. The molecule has 1 aliphatic carbocycles. The lowest BCUT2D eigenvalue weighted by Crippen LogP contribution is -2.32. The second-order valence-electron chi connectivity index (χ2n) is 12.6. The van der Waals surface area contributed by atoms with E-state index in [0.29, 0.717) is 5.56 Å². The second kappa shape index (κ2) is 10.4. The number of fused-ring (bicyclic) bond motifs is 10. The van der Waals surface area contributed by atoms with Gasteiger partial charge >= 0.3 is 0 Å². The van der Waals surface area contributed by atoms with Crippen LogP contribution in [0.2, 0.25) is 0 Å². The smallest absolute Gasteiger partial charge is 0.145 e. The molecule has 2 aliphatic rings. The van der Waals surface area contributed by atoms with Crippen LogP contribution in [0, 0.1) is 11.3 Å². The number of hydrogen-bond donors (Lipinski definition) is 0. The van der Waals surface area contributed by atoms with E-state index in [0.717, 1.165) is 61.9 Å². The molecular formula is C45H27N3O. The minimum atomic E-state index is -0.640. The van der Waals surface area contributed by atoms with Crippen molar-refractivity contribution in [2.45, 2.75) is 5.41 Å². The molecule has 7 aromatic carbocycles. The summed E-state index contributed by atoms with van der Waals surface area (Å²) in [4.78, 5) is 5.03. The van der Waals surface area contributed by atoms with Crippen LogP contribution in [0.3, 0.4) is 0 Å². The maximum atomic E-state index is 9.98. The summed E-state index contributed by atoms with van der Waals surface area (Å²) < 4.78 is 8.87. The highest BCUT2D eigenvalue weighted by molar-refractivity contribution is 5.89. The Morgan fingerprint density at radius 2 is 1.14 bits per heavy atom. The van der Waals surface area contributed by atoms with Crippen molar-refractivity contribution in [3.05, 3.63) is 192 Å². The molecule has 0 amide bonds. The summed E-state index contributed by atoms with van der Waals surface area (Å²) in [6, 6.07) is 59.4. The van der Waals surface area contributed by atoms with Gasteiger partial charge in [0.15, 0.2) is 0 Å². The average Bonchev–Trinajstić information content (AvgIpc) is 3.70. The molecular weight excluding hydrogens is 599 g/mol. The highest BCUT2D eigenvalue weighted by atomic mass is 16.5. The fraction of sp³-hybridized carbons (Fsp3) is 0.0222. The molecule has 8 aromatic rings. The van der Waals surface area contributed by atoms with Crippen LogP contribution in [0.15, 0.2) is 164 Å². The largest absolute Gasteiger partial charge is 0.457 e. The van der Waals surface area contributed by atoms with E-state index in [1.807, 2.05) is 30.3 Å². The van der Waals surface area contributed by atoms with Gasteiger partial charge in [-0.1, -0.05) is 109 Å². The molecule has 0 bridgehead atoms. The first-order chi connectivity index (χ1) is 24.2. The molecule has 0 N–H and O–H groups in total. The summed E-state index contributed by atoms with van der Waals surface area (Å²) >= 11 is 0. The van der Waals surface area contributed by atoms with Crippen molar-refractivity contribution in [3.8, 4) is 56.9 Å². The molecule has 49 heavy (non-hydrogen) atoms. The standard InChI is InChI=1S/C45H27N3O/c46-28-29-18-24-42-38(26-29)45(36-14-6-4-12-34(36)35-13-5-7-15-37(35)45)39-27-32(21-25-43(39)49-42)30-19-22-33(23-20-30)48-41-17-9-8-16-40(41)47-44(48)31-10-2-1-3-11-31/h1-27H. The second-order valence-corrected chi connectivity index (χ2v) is 12.6. The van der Waals surface area contributed by atoms with Crippen molar-refractivity contribution < 1.29 is 4.74 Å². The molecule has 0 saturated heterocycles. The monoisotopic (exact) mass is 625 g/mol. The number of para-hydroxylation sites is 2. The molecule has 1 aliphatic heterocycles. The van der Waals surface area contributed by atoms with E-state index in [2.05, 4.69) is 144 Å². The summed E-state index contributed by atoms with van der Waals surface area (Å²) in [5.41, 5.74) is 13.2. The third-order valence-corrected chi connectivity index (χ3v) is 10.1. The molecule has 0 unspecified atom stereocenters. The first kappa shape index (κ1) is 27.4. The highest BCUT2D eigenvalue weighted by Gasteiger charge is 2.51. The average molecular weight is 626 g/mol. The number of hydrogen-bond acceptors (Lipinski definition) is 3. The van der Waals surface area contributed by atoms with Gasteiger partial charge in [-0.2, -0.15) is 5.26 Å². The third-order valence-electron chi connectivity index (χ3n) is 10.1. The van der Waals surface area contributed by atoms with Crippen molar-refractivity contribution in [2.24, 2.45) is 0 Å². The van der Waals surface area contributed by atoms with Crippen LogP contribution >= 0.6 is 0 Å². The summed E-state index contributed by atoms with van der Waals surface area (Å²) in [6.45, 7) is 0. The number of aromatic nitrogens is 2. The highest BCUT2D eigenvalue weighted by Crippen LogP contribution is 2.62. The van der Waals surface area contributed by atoms with Gasteiger partial charge in [0.1, 0.15) is 17.3 Å². The molecule has 0 saturated carbocycles. The SMILES string of the molecule is N#Cc1ccc2c(c1)C1(c3cc(-c4ccc(-n5c(-c6ccccc6)nc6ccccc65)cc4)ccc3O2)c2ccccc2-c2ccccc21. The van der Waals surface area contributed by atoms with Gasteiger partial charge in [0.05, 0.1) is 28.1 Å². The zero-order valence-electron chi connectivity index (χ0n) is 26.3. The molecule has 4 nitrogen and oxygen atoms in total. The lowest BCUT2D eigenvalue weighted by Gasteiger charge is -2.39. The maximum absolute atomic E-state index is 9.98. The molecule has 0 fully saturated rings. The van der Waals surface area contributed by atoms with E-state index in [1.165, 1.54) is 22.3 Å². The van der Waals surface area contributed by atoms with Crippen molar-refractivity contribution in [1.29, 1.82) is 5.26 Å². The number of nitrogens with zero attached hydrogens (tertiary/aromatic N) is 3. The summed E-state index contributed by atoms with van der Waals surface area (Å²) in [5, 5.41) is 9.98. The molecule has 0 atom stereocenters. The number of ether oxygens (including phenoxy) is 1. The Kier molecular flexibility index (Phi) is 5.82. The van der Waals surface area contributed by atoms with E-state index in [4.69, 9.17) is 9.72 Å². The van der Waals surface area contributed by atoms with Gasteiger partial charge in [-0.25, -0.2) is 4.98 Å². The van der Waals surface area contributed by atoms with Crippen molar-refractivity contribution in [1.82, 2.24) is 9.55 Å². The Hall–Kier alpha value is -6.70. The molecule has 10 rings (SSSR count). The van der Waals surface area contributed by atoms with E-state index in [9.17, 15) is 5.26 Å². The van der Waals surface area contributed by atoms with Crippen LogP contribution in [0.1, 0.15) is 27.8 Å². The molecule has 0 radical (unpaired) electrons. The van der Waals surface area contributed by atoms with E-state index in [1.54, 1.807) is 0 Å². The van der Waals surface area contributed by atoms with Crippen molar-refractivity contribution in [2.75, 3.05) is 0 Å². The van der Waals surface area contributed by atoms with Crippen molar-refractivity contribution >= 4 is 11.0 Å². The Morgan fingerprint density at radius 1 is 0.531 bits per heavy atom. The molecule has 4 heteroatoms. The Labute approximate surface area is 283 Å². The summed E-state index contributed by atoms with van der Waals surface area (Å²) in [5.74, 6) is 2.51. The lowest BCUT2D eigenvalue weighted by molar-refractivity contribution is 0.436. The summed E-state index contributed by atoms with van der Waals surface area (Å²) in [7, 11) is 0. The van der Waals surface area contributed by atoms with Gasteiger partial charge in [-0.05, 0) is 88.0 Å². The van der Waals surface area contributed by atoms with Gasteiger partial charge < -0.3 is 4.74 Å². The maximum Gasteiger partial charge on any atom is 0.145 e. The zero-order chi connectivity index (χ0) is 32.5. The van der Waals surface area contributed by atoms with E-state index in [-0.39, 0.29) is 0 Å². The fourth-order valence-corrected chi connectivity index (χ4v) is 8.02. The topological polar surface area (TPSA) is 50.8 Å². The first-order valence-electron chi connectivity index (χ1n) is 16.4. The third kappa shape index (κ3) is 3.88. The zero-order valence-corrected chi connectivity index (χ0v) is 26.3. The van der Waals surface area contributed by atoms with Crippen LogP contribution in [0.4, 0.5) is 0 Å². The van der Waals surface area contributed by atoms with Gasteiger partial charge in [-0.3, -0.25) is 4.57 Å². The van der Waals surface area contributed by atoms with Gasteiger partial charge in [0.25, 0.3) is 0 Å².